The molecule has 0 bridgehead atoms. The Morgan fingerprint density at radius 1 is 1.36 bits per heavy atom. The lowest BCUT2D eigenvalue weighted by Crippen LogP contribution is -2.54. The number of piperazine rings is 1. The van der Waals surface area contributed by atoms with Crippen LogP contribution in [0.2, 0.25) is 5.02 Å². The molecule has 1 aliphatic heterocycles. The predicted octanol–water partition coefficient (Wildman–Crippen LogP) is 4.67. The van der Waals surface area contributed by atoms with E-state index in [4.69, 9.17) is 21.3 Å². The molecule has 1 aliphatic carbocycles. The van der Waals surface area contributed by atoms with Crippen LogP contribution >= 0.6 is 11.6 Å². The van der Waals surface area contributed by atoms with Gasteiger partial charge < -0.3 is 14.5 Å². The first-order chi connectivity index (χ1) is 15.8. The molecule has 1 aromatic carbocycles. The molecule has 4 rings (SSSR count). The van der Waals surface area contributed by atoms with Gasteiger partial charge in [0.25, 0.3) is 0 Å². The molecule has 2 fully saturated rings. The van der Waals surface area contributed by atoms with Crippen molar-refractivity contribution in [1.82, 2.24) is 9.88 Å². The molecule has 0 N–H and O–H groups in total. The molecule has 1 aromatic heterocycles. The minimum Gasteiger partial charge on any atom is -0.384 e. The minimum absolute atomic E-state index is 0.00304. The topological polar surface area (TPSA) is 69.5 Å². The Kier molecular flexibility index (Phi) is 6.87. The van der Waals surface area contributed by atoms with E-state index in [1.165, 1.54) is 6.07 Å². The van der Waals surface area contributed by atoms with Gasteiger partial charge in [0.1, 0.15) is 17.7 Å². The number of rotatable bonds is 6. The van der Waals surface area contributed by atoms with E-state index in [0.29, 0.717) is 50.0 Å². The summed E-state index contributed by atoms with van der Waals surface area (Å²) in [6, 6.07) is 7.02. The largest absolute Gasteiger partial charge is 0.384 e. The fraction of sp³-hybridized carbons (Fsp3) is 0.480. The quantitative estimate of drug-likeness (QED) is 0.613. The molecule has 6 nitrogen and oxygen atoms in total. The molecule has 2 heterocycles. The van der Waals surface area contributed by atoms with E-state index in [2.05, 4.69) is 11.0 Å². The van der Waals surface area contributed by atoms with E-state index in [0.717, 1.165) is 35.2 Å². The minimum atomic E-state index is -0.469. The zero-order valence-corrected chi connectivity index (χ0v) is 20.0. The maximum Gasteiger partial charge on any atom is 0.225 e. The average molecular weight is 471 g/mol. The second-order valence-electron chi connectivity index (χ2n) is 8.84. The number of benzene rings is 1. The van der Waals surface area contributed by atoms with Crippen LogP contribution in [0.25, 0.3) is 11.1 Å². The monoisotopic (exact) mass is 470 g/mol. The maximum absolute atomic E-state index is 13.8. The molecule has 0 radical (unpaired) electrons. The van der Waals surface area contributed by atoms with E-state index in [1.807, 2.05) is 18.7 Å². The van der Waals surface area contributed by atoms with Crippen molar-refractivity contribution in [2.24, 2.45) is 0 Å². The van der Waals surface area contributed by atoms with Crippen molar-refractivity contribution >= 4 is 23.3 Å². The van der Waals surface area contributed by atoms with Gasteiger partial charge >= 0.3 is 0 Å². The highest BCUT2D eigenvalue weighted by atomic mass is 35.5. The number of hydrogen-bond donors (Lipinski definition) is 0. The molecule has 1 atom stereocenters. The standard InChI is InChI=1S/C25H28ClFN4O2/c1-15-14-30(9-10-31(15)22(32)8-11-33-3)25-19(13-28)16(2)23(24(29-25)17-4-5-17)18-6-7-21(27)20(26)12-18/h6-7,12,15,17H,4-5,8-11,14H2,1-3H3/t15-/m1/s1. The van der Waals surface area contributed by atoms with Gasteiger partial charge in [-0.05, 0) is 49.9 Å². The third-order valence-corrected chi connectivity index (χ3v) is 6.80. The Morgan fingerprint density at radius 3 is 2.73 bits per heavy atom. The number of pyridine rings is 1. The summed E-state index contributed by atoms with van der Waals surface area (Å²) in [6.07, 6.45) is 2.44. The van der Waals surface area contributed by atoms with Crippen molar-refractivity contribution in [2.75, 3.05) is 38.3 Å². The van der Waals surface area contributed by atoms with Crippen molar-refractivity contribution in [3.05, 3.63) is 45.9 Å². The van der Waals surface area contributed by atoms with Crippen LogP contribution in [-0.4, -0.2) is 55.2 Å². The number of carbonyl (C=O) groups is 1. The number of methoxy groups -OCH3 is 1. The number of nitrogens with zero attached hydrogens (tertiary/aromatic N) is 4. The number of carbonyl (C=O) groups excluding carboxylic acids is 1. The molecule has 2 aliphatic rings. The van der Waals surface area contributed by atoms with Gasteiger partial charge in [0.05, 0.1) is 29.3 Å². The van der Waals surface area contributed by atoms with Crippen molar-refractivity contribution in [2.45, 2.75) is 45.1 Å². The summed E-state index contributed by atoms with van der Waals surface area (Å²) in [7, 11) is 1.59. The Morgan fingerprint density at radius 2 is 2.12 bits per heavy atom. The third-order valence-electron chi connectivity index (χ3n) is 6.51. The van der Waals surface area contributed by atoms with Crippen LogP contribution < -0.4 is 4.90 Å². The molecule has 1 saturated carbocycles. The van der Waals surface area contributed by atoms with Gasteiger partial charge in [-0.25, -0.2) is 9.37 Å². The first kappa shape index (κ1) is 23.5. The van der Waals surface area contributed by atoms with Gasteiger partial charge in [-0.3, -0.25) is 4.79 Å². The molecular weight excluding hydrogens is 443 g/mol. The molecule has 0 spiro atoms. The number of nitriles is 1. The highest BCUT2D eigenvalue weighted by Gasteiger charge is 2.34. The number of amides is 1. The molecule has 8 heteroatoms. The zero-order chi connectivity index (χ0) is 23.7. The van der Waals surface area contributed by atoms with Gasteiger partial charge in [-0.15, -0.1) is 0 Å². The first-order valence-electron chi connectivity index (χ1n) is 11.3. The molecule has 33 heavy (non-hydrogen) atoms. The SMILES string of the molecule is COCCC(=O)N1CCN(c2nc(C3CC3)c(-c3ccc(F)c(Cl)c3)c(C)c2C#N)C[C@H]1C. The normalized spacial score (nSPS) is 18.4. The average Bonchev–Trinajstić information content (AvgIpc) is 3.64. The molecule has 0 unspecified atom stereocenters. The predicted molar refractivity (Wildman–Crippen MR) is 126 cm³/mol. The maximum atomic E-state index is 13.8. The number of anilines is 1. The molecule has 174 valence electrons. The van der Waals surface area contributed by atoms with E-state index in [1.54, 1.807) is 19.2 Å². The first-order valence-corrected chi connectivity index (χ1v) is 11.7. The summed E-state index contributed by atoms with van der Waals surface area (Å²) in [5, 5.41) is 10.1. The van der Waals surface area contributed by atoms with Crippen molar-refractivity contribution in [3.8, 4) is 17.2 Å². The smallest absolute Gasteiger partial charge is 0.225 e. The lowest BCUT2D eigenvalue weighted by Gasteiger charge is -2.41. The van der Waals surface area contributed by atoms with Gasteiger partial charge in [-0.1, -0.05) is 17.7 Å². The highest BCUT2D eigenvalue weighted by Crippen LogP contribution is 2.47. The van der Waals surface area contributed by atoms with Crippen LogP contribution in [0.3, 0.4) is 0 Å². The summed E-state index contributed by atoms with van der Waals surface area (Å²) in [4.78, 5) is 21.5. The third kappa shape index (κ3) is 4.68. The van der Waals surface area contributed by atoms with E-state index >= 15 is 0 Å². The van der Waals surface area contributed by atoms with Crippen LogP contribution in [0, 0.1) is 24.1 Å². The Labute approximate surface area is 198 Å². The molecular formula is C25H28ClFN4O2. The fourth-order valence-corrected chi connectivity index (χ4v) is 4.78. The van der Waals surface area contributed by atoms with Crippen molar-refractivity contribution in [1.29, 1.82) is 5.26 Å². The van der Waals surface area contributed by atoms with Crippen molar-refractivity contribution < 1.29 is 13.9 Å². The van der Waals surface area contributed by atoms with Gasteiger partial charge in [0, 0.05) is 44.3 Å². The van der Waals surface area contributed by atoms with E-state index < -0.39 is 5.82 Å². The Bertz CT molecular complexity index is 1110. The summed E-state index contributed by atoms with van der Waals surface area (Å²) in [6.45, 7) is 6.14. The second-order valence-corrected chi connectivity index (χ2v) is 9.24. The van der Waals surface area contributed by atoms with Crippen LogP contribution in [0.15, 0.2) is 18.2 Å². The van der Waals surface area contributed by atoms with Crippen LogP contribution in [-0.2, 0) is 9.53 Å². The highest BCUT2D eigenvalue weighted by molar-refractivity contribution is 6.31. The summed E-state index contributed by atoms with van der Waals surface area (Å²) >= 11 is 6.07. The lowest BCUT2D eigenvalue weighted by atomic mass is 9.93. The molecule has 1 amide bonds. The number of halogens is 2. The Hall–Kier alpha value is -2.69. The van der Waals surface area contributed by atoms with Gasteiger partial charge in [0.15, 0.2) is 0 Å². The van der Waals surface area contributed by atoms with Crippen molar-refractivity contribution in [3.63, 3.8) is 0 Å². The number of aromatic nitrogens is 1. The summed E-state index contributed by atoms with van der Waals surface area (Å²) < 4.78 is 18.8. The number of hydrogen-bond acceptors (Lipinski definition) is 5. The lowest BCUT2D eigenvalue weighted by molar-refractivity contribution is -0.134. The molecule has 1 saturated heterocycles. The summed E-state index contributed by atoms with van der Waals surface area (Å²) in [5.74, 6) is 0.604. The Balaban J connectivity index is 1.70. The van der Waals surface area contributed by atoms with E-state index in [-0.39, 0.29) is 17.0 Å². The van der Waals surface area contributed by atoms with Crippen LogP contribution in [0.4, 0.5) is 10.2 Å². The summed E-state index contributed by atoms with van der Waals surface area (Å²) in [5.41, 5.74) is 3.94. The van der Waals surface area contributed by atoms with Crippen LogP contribution in [0.5, 0.6) is 0 Å². The second kappa shape index (κ2) is 9.66. The van der Waals surface area contributed by atoms with Gasteiger partial charge in [0.2, 0.25) is 5.91 Å². The zero-order valence-electron chi connectivity index (χ0n) is 19.2. The fourth-order valence-electron chi connectivity index (χ4n) is 4.60. The van der Waals surface area contributed by atoms with Crippen LogP contribution in [0.1, 0.15) is 48.9 Å². The number of ether oxygens (including phenoxy) is 1. The molecule has 2 aromatic rings. The van der Waals surface area contributed by atoms with E-state index in [9.17, 15) is 14.4 Å². The van der Waals surface area contributed by atoms with Gasteiger partial charge in [-0.2, -0.15) is 5.26 Å².